The average molecular weight is 549 g/mol. The second kappa shape index (κ2) is 9.56. The summed E-state index contributed by atoms with van der Waals surface area (Å²) in [6.07, 6.45) is 6.45. The number of aromatic nitrogens is 2. The van der Waals surface area contributed by atoms with Crippen molar-refractivity contribution in [2.75, 3.05) is 5.32 Å². The first-order valence-corrected chi connectivity index (χ1v) is 14.1. The number of nitrogens with one attached hydrogen (secondary N) is 2. The fourth-order valence-electron chi connectivity index (χ4n) is 6.89. The summed E-state index contributed by atoms with van der Waals surface area (Å²) in [6, 6.07) is 9.00. The van der Waals surface area contributed by atoms with Gasteiger partial charge >= 0.3 is 7.12 Å². The van der Waals surface area contributed by atoms with Crippen molar-refractivity contribution in [2.24, 2.45) is 17.3 Å². The Balaban J connectivity index is 1.21. The highest BCUT2D eigenvalue weighted by Gasteiger charge is 2.66. The molecule has 1 aromatic heterocycles. The molecule has 0 spiro atoms. The van der Waals surface area contributed by atoms with Crippen LogP contribution in [0.4, 0.5) is 5.82 Å². The molecule has 5 atom stereocenters. The Kier molecular flexibility index (Phi) is 6.42. The fourth-order valence-corrected chi connectivity index (χ4v) is 7.16. The van der Waals surface area contributed by atoms with Gasteiger partial charge in [0.15, 0.2) is 11.0 Å². The summed E-state index contributed by atoms with van der Waals surface area (Å²) in [5, 5.41) is 6.44. The lowest BCUT2D eigenvalue weighted by Crippen LogP contribution is -2.59. The molecule has 204 valence electrons. The number of amides is 1. The lowest BCUT2D eigenvalue weighted by Gasteiger charge is -2.60. The van der Waals surface area contributed by atoms with Gasteiger partial charge in [-0.2, -0.15) is 0 Å². The molecular weight excluding hydrogens is 515 g/mol. The molecule has 2 aliphatic heterocycles. The fraction of sp³-hybridized carbons (Fsp3) is 0.483. The maximum Gasteiger partial charge on any atom is 0.550 e. The average Bonchev–Trinajstić information content (AvgIpc) is 3.52. The molecule has 1 aromatic carbocycles. The molecular formula is C29H34BClN4O4. The third-order valence-electron chi connectivity index (χ3n) is 9.26. The van der Waals surface area contributed by atoms with Crippen molar-refractivity contribution >= 4 is 30.4 Å². The number of halogens is 1. The van der Waals surface area contributed by atoms with Gasteiger partial charge in [-0.15, -0.1) is 6.58 Å². The molecule has 1 saturated carbocycles. The highest BCUT2D eigenvalue weighted by molar-refractivity contribution is 6.48. The normalized spacial score (nSPS) is 28.4. The van der Waals surface area contributed by atoms with Crippen molar-refractivity contribution in [1.82, 2.24) is 14.9 Å². The van der Waals surface area contributed by atoms with Gasteiger partial charge in [0.25, 0.3) is 5.56 Å². The number of nitrogens with zero attached hydrogens (tertiary/aromatic N) is 2. The molecule has 2 bridgehead atoms. The van der Waals surface area contributed by atoms with E-state index in [2.05, 4.69) is 49.0 Å². The maximum atomic E-state index is 13.7. The molecule has 2 aromatic rings. The summed E-state index contributed by atoms with van der Waals surface area (Å²) in [6.45, 7) is 11.0. The van der Waals surface area contributed by atoms with Gasteiger partial charge < -0.3 is 19.9 Å². The molecule has 5 aliphatic rings. The summed E-state index contributed by atoms with van der Waals surface area (Å²) in [5.41, 5.74) is 0.863. The SMILES string of the molecule is C=CC[C@H](NC(=O)[C@@H]1CCc2c(Cl)nc(NCc3ccccc3)c(=O)n21)B1OC2=CC3CC(C2(C)O1)C3(C)C. The molecule has 7 rings (SSSR count). The number of anilines is 1. The third kappa shape index (κ3) is 4.21. The van der Waals surface area contributed by atoms with Crippen LogP contribution in [-0.4, -0.2) is 34.1 Å². The molecule has 2 fully saturated rings. The van der Waals surface area contributed by atoms with Gasteiger partial charge in [0.1, 0.15) is 17.4 Å². The van der Waals surface area contributed by atoms with E-state index in [1.807, 2.05) is 30.3 Å². The molecule has 10 heteroatoms. The lowest BCUT2D eigenvalue weighted by atomic mass is 9.46. The number of hydrogen-bond acceptors (Lipinski definition) is 6. The second-order valence-corrected chi connectivity index (χ2v) is 12.2. The van der Waals surface area contributed by atoms with Crippen molar-refractivity contribution in [3.8, 4) is 0 Å². The first-order valence-electron chi connectivity index (χ1n) is 13.7. The van der Waals surface area contributed by atoms with Crippen molar-refractivity contribution in [1.29, 1.82) is 0 Å². The largest absolute Gasteiger partial charge is 0.550 e. The summed E-state index contributed by atoms with van der Waals surface area (Å²) in [7, 11) is -0.639. The van der Waals surface area contributed by atoms with Crippen molar-refractivity contribution < 1.29 is 14.1 Å². The van der Waals surface area contributed by atoms with Crippen molar-refractivity contribution in [3.63, 3.8) is 0 Å². The van der Waals surface area contributed by atoms with Crippen LogP contribution < -0.4 is 16.2 Å². The molecule has 1 amide bonds. The Bertz CT molecular complexity index is 1410. The van der Waals surface area contributed by atoms with Crippen LogP contribution in [0.25, 0.3) is 0 Å². The molecule has 3 unspecified atom stereocenters. The first-order chi connectivity index (χ1) is 18.6. The Morgan fingerprint density at radius 3 is 2.82 bits per heavy atom. The van der Waals surface area contributed by atoms with Gasteiger partial charge in [0, 0.05) is 6.54 Å². The van der Waals surface area contributed by atoms with E-state index in [4.69, 9.17) is 20.9 Å². The van der Waals surface area contributed by atoms with Gasteiger partial charge in [-0.25, -0.2) is 4.98 Å². The number of hydrogen-bond donors (Lipinski definition) is 2. The Morgan fingerprint density at radius 1 is 1.33 bits per heavy atom. The number of allylic oxidation sites excluding steroid dienone is 1. The number of benzene rings is 1. The van der Waals surface area contributed by atoms with E-state index in [0.717, 1.165) is 17.7 Å². The molecule has 39 heavy (non-hydrogen) atoms. The molecule has 1 saturated heterocycles. The Morgan fingerprint density at radius 2 is 2.10 bits per heavy atom. The van der Waals surface area contributed by atoms with E-state index < -0.39 is 24.7 Å². The topological polar surface area (TPSA) is 94.5 Å². The Hall–Kier alpha value is -3.04. The van der Waals surface area contributed by atoms with E-state index in [1.165, 1.54) is 4.57 Å². The Labute approximate surface area is 234 Å². The minimum atomic E-state index is -0.706. The van der Waals surface area contributed by atoms with Gasteiger partial charge in [-0.05, 0) is 61.5 Å². The first kappa shape index (κ1) is 26.2. The van der Waals surface area contributed by atoms with Crippen molar-refractivity contribution in [2.45, 2.75) is 70.6 Å². The lowest BCUT2D eigenvalue weighted by molar-refractivity contribution is -0.125. The monoisotopic (exact) mass is 548 g/mol. The smallest absolute Gasteiger partial charge is 0.536 e. The number of carbonyl (C=O) groups excluding carboxylic acids is 1. The van der Waals surface area contributed by atoms with Gasteiger partial charge in [0.05, 0.1) is 11.6 Å². The predicted octanol–water partition coefficient (Wildman–Crippen LogP) is 4.45. The van der Waals surface area contributed by atoms with Crippen LogP contribution in [-0.2, 0) is 27.1 Å². The summed E-state index contributed by atoms with van der Waals surface area (Å²) in [5.74, 6) is 1.10. The molecule has 3 aliphatic carbocycles. The van der Waals surface area contributed by atoms with Crippen LogP contribution in [0.15, 0.2) is 59.6 Å². The van der Waals surface area contributed by atoms with Crippen LogP contribution in [0.2, 0.25) is 5.15 Å². The molecule has 8 nitrogen and oxygen atoms in total. The summed E-state index contributed by atoms with van der Waals surface area (Å²) in [4.78, 5) is 31.4. The van der Waals surface area contributed by atoms with Gasteiger partial charge in [0.2, 0.25) is 5.91 Å². The maximum absolute atomic E-state index is 13.7. The van der Waals surface area contributed by atoms with E-state index in [0.29, 0.717) is 43.3 Å². The molecule has 3 heterocycles. The zero-order valence-corrected chi connectivity index (χ0v) is 23.3. The standard InChI is InChI=1S/C29H34BClN4O4/c1-5-9-23(30-38-22-15-18-14-21(28(18,2)3)29(22,4)39-30)33-26(36)20-13-12-19-24(31)34-25(27(37)35(19)20)32-16-17-10-7-6-8-11-17/h5-8,10-11,15,18,20-21,23H,1,9,12-14,16H2,2-4H3,(H,32,34)(H,33,36)/t18?,20-,21?,23-,29?/m0/s1. The van der Waals surface area contributed by atoms with E-state index in [1.54, 1.807) is 6.08 Å². The molecule has 0 radical (unpaired) electrons. The van der Waals surface area contributed by atoms with Crippen LogP contribution in [0.5, 0.6) is 0 Å². The summed E-state index contributed by atoms with van der Waals surface area (Å²) >= 11 is 6.48. The van der Waals surface area contributed by atoms with Gasteiger partial charge in [-0.1, -0.05) is 61.9 Å². The minimum absolute atomic E-state index is 0.128. The quantitative estimate of drug-likeness (QED) is 0.374. The van der Waals surface area contributed by atoms with E-state index in [9.17, 15) is 9.59 Å². The number of carbonyl (C=O) groups is 1. The van der Waals surface area contributed by atoms with E-state index >= 15 is 0 Å². The number of fused-ring (bicyclic) bond motifs is 1. The van der Waals surface area contributed by atoms with Crippen LogP contribution in [0.1, 0.15) is 57.3 Å². The van der Waals surface area contributed by atoms with Crippen LogP contribution in [0.3, 0.4) is 0 Å². The van der Waals surface area contributed by atoms with Crippen LogP contribution in [0, 0.1) is 17.3 Å². The summed E-state index contributed by atoms with van der Waals surface area (Å²) < 4.78 is 14.4. The zero-order valence-electron chi connectivity index (χ0n) is 22.6. The predicted molar refractivity (Wildman–Crippen MR) is 151 cm³/mol. The highest BCUT2D eigenvalue weighted by Crippen LogP contribution is 2.64. The zero-order chi connectivity index (χ0) is 27.5. The third-order valence-corrected chi connectivity index (χ3v) is 9.57. The van der Waals surface area contributed by atoms with Crippen molar-refractivity contribution in [3.05, 3.63) is 81.6 Å². The van der Waals surface area contributed by atoms with Gasteiger partial charge in [-0.3, -0.25) is 14.2 Å². The number of rotatable bonds is 8. The minimum Gasteiger partial charge on any atom is -0.536 e. The highest BCUT2D eigenvalue weighted by atomic mass is 35.5. The van der Waals surface area contributed by atoms with Crippen LogP contribution >= 0.6 is 11.6 Å². The second-order valence-electron chi connectivity index (χ2n) is 11.9. The molecule has 2 N–H and O–H groups in total. The van der Waals surface area contributed by atoms with E-state index in [-0.39, 0.29) is 27.9 Å².